The van der Waals surface area contributed by atoms with Gasteiger partial charge in [0.25, 0.3) is 0 Å². The van der Waals surface area contributed by atoms with E-state index in [0.717, 1.165) is 0 Å². The molecule has 0 heterocycles. The van der Waals surface area contributed by atoms with Crippen LogP contribution in [-0.4, -0.2) is 0 Å². The van der Waals surface area contributed by atoms with E-state index in [1.807, 2.05) is 0 Å². The molecule has 0 N–H and O–H groups in total. The van der Waals surface area contributed by atoms with E-state index in [4.69, 9.17) is 0 Å². The van der Waals surface area contributed by atoms with Gasteiger partial charge in [-0.3, -0.25) is 4.39 Å². The number of rotatable bonds is 0. The van der Waals surface area contributed by atoms with Gasteiger partial charge in [-0.25, -0.2) is 0 Å². The van der Waals surface area contributed by atoms with Gasteiger partial charge in [0.05, 0.1) is 0 Å². The number of hydrogen-bond donors (Lipinski definition) is 0. The number of halogens is 2. The third kappa shape index (κ3) is 3.43. The summed E-state index contributed by atoms with van der Waals surface area (Å²) < 4.78 is 12.3. The van der Waals surface area contributed by atoms with Crippen LogP contribution in [0.4, 0.5) is 4.39 Å². The van der Waals surface area contributed by atoms with Gasteiger partial charge < -0.3 is 0 Å². The van der Waals surface area contributed by atoms with Crippen LogP contribution in [0, 0.1) is 18.8 Å². The SMILES string of the molecule is Cc1cc[c-]cc1F.[Zn+][Br]. The fourth-order valence-corrected chi connectivity index (χ4v) is 0.488. The van der Waals surface area contributed by atoms with Crippen LogP contribution in [0.5, 0.6) is 0 Å². The predicted octanol–water partition coefficient (Wildman–Crippen LogP) is 2.78. The molecular weight excluding hydrogens is 248 g/mol. The van der Waals surface area contributed by atoms with Crippen LogP contribution in [0.1, 0.15) is 5.56 Å². The van der Waals surface area contributed by atoms with Crippen molar-refractivity contribution in [1.82, 2.24) is 0 Å². The van der Waals surface area contributed by atoms with Crippen molar-refractivity contribution < 1.29 is 20.7 Å². The van der Waals surface area contributed by atoms with Gasteiger partial charge in [-0.05, 0) is 0 Å². The van der Waals surface area contributed by atoms with Gasteiger partial charge >= 0.3 is 30.0 Å². The molecule has 1 aromatic rings. The van der Waals surface area contributed by atoms with Crippen LogP contribution in [0.25, 0.3) is 0 Å². The van der Waals surface area contributed by atoms with E-state index in [9.17, 15) is 4.39 Å². The zero-order valence-electron chi connectivity index (χ0n) is 5.70. The van der Waals surface area contributed by atoms with E-state index in [1.165, 1.54) is 22.4 Å². The Bertz CT molecular complexity index is 170. The zero-order chi connectivity index (χ0) is 7.98. The summed E-state index contributed by atoms with van der Waals surface area (Å²) in [4.78, 5) is 0. The monoisotopic (exact) mass is 252 g/mol. The first-order valence-electron chi connectivity index (χ1n) is 2.69. The van der Waals surface area contributed by atoms with Crippen molar-refractivity contribution in [2.75, 3.05) is 0 Å². The Labute approximate surface area is 76.9 Å². The first-order valence-corrected chi connectivity index (χ1v) is 9.64. The van der Waals surface area contributed by atoms with E-state index in [2.05, 4.69) is 19.7 Å². The second-order valence-electron chi connectivity index (χ2n) is 1.68. The van der Waals surface area contributed by atoms with Crippen molar-refractivity contribution in [2.45, 2.75) is 6.92 Å². The second kappa shape index (κ2) is 6.00. The molecule has 1 rings (SSSR count). The van der Waals surface area contributed by atoms with Crippen molar-refractivity contribution in [3.63, 3.8) is 0 Å². The Morgan fingerprint density at radius 1 is 1.60 bits per heavy atom. The van der Waals surface area contributed by atoms with Gasteiger partial charge in [-0.15, -0.1) is 11.6 Å². The zero-order valence-corrected chi connectivity index (χ0v) is 10.2. The third-order valence-corrected chi connectivity index (χ3v) is 1.02. The van der Waals surface area contributed by atoms with Crippen LogP contribution in [-0.2, 0) is 16.3 Å². The van der Waals surface area contributed by atoms with Crippen molar-refractivity contribution in [3.05, 3.63) is 35.6 Å². The quantitative estimate of drug-likeness (QED) is 0.493. The minimum absolute atomic E-state index is 0.187. The Morgan fingerprint density at radius 2 is 2.20 bits per heavy atom. The van der Waals surface area contributed by atoms with Gasteiger partial charge in [0, 0.05) is 5.82 Å². The molecule has 0 aliphatic carbocycles. The van der Waals surface area contributed by atoms with Crippen molar-refractivity contribution >= 4 is 13.6 Å². The van der Waals surface area contributed by atoms with Gasteiger partial charge in [0.1, 0.15) is 0 Å². The van der Waals surface area contributed by atoms with Gasteiger partial charge in [-0.2, -0.15) is 18.2 Å². The molecule has 0 aliphatic heterocycles. The van der Waals surface area contributed by atoms with Gasteiger partial charge in [-0.1, -0.05) is 6.92 Å². The molecule has 0 aliphatic rings. The summed E-state index contributed by atoms with van der Waals surface area (Å²) >= 11 is 4.25. The van der Waals surface area contributed by atoms with Crippen LogP contribution in [0.2, 0.25) is 0 Å². The Morgan fingerprint density at radius 3 is 2.50 bits per heavy atom. The molecule has 0 fully saturated rings. The third-order valence-electron chi connectivity index (χ3n) is 1.02. The molecule has 50 valence electrons. The van der Waals surface area contributed by atoms with E-state index in [-0.39, 0.29) is 5.82 Å². The molecule has 0 aromatic heterocycles. The summed E-state index contributed by atoms with van der Waals surface area (Å²) in [5, 5.41) is 0. The maximum absolute atomic E-state index is 12.3. The van der Waals surface area contributed by atoms with Crippen LogP contribution >= 0.6 is 13.6 Å². The molecule has 0 saturated heterocycles. The Kier molecular flexibility index (Phi) is 6.15. The fraction of sp³-hybridized carbons (Fsp3) is 0.143. The first-order chi connectivity index (χ1) is 4.80. The van der Waals surface area contributed by atoms with E-state index < -0.39 is 0 Å². The molecule has 3 heteroatoms. The normalized spacial score (nSPS) is 8.10. The fourth-order valence-electron chi connectivity index (χ4n) is 0.488. The van der Waals surface area contributed by atoms with Crippen molar-refractivity contribution in [3.8, 4) is 0 Å². The number of hydrogen-bond acceptors (Lipinski definition) is 0. The molecule has 0 atom stereocenters. The molecule has 0 bridgehead atoms. The van der Waals surface area contributed by atoms with Crippen LogP contribution in [0.3, 0.4) is 0 Å². The number of benzene rings is 1. The Balaban J connectivity index is 0.000000371. The molecule has 1 aromatic carbocycles. The number of aryl methyl sites for hydroxylation is 1. The van der Waals surface area contributed by atoms with E-state index in [1.54, 1.807) is 19.1 Å². The summed E-state index contributed by atoms with van der Waals surface area (Å²) in [5.41, 5.74) is 0.670. The molecule has 10 heavy (non-hydrogen) atoms. The average molecular weight is 254 g/mol. The van der Waals surface area contributed by atoms with E-state index in [0.29, 0.717) is 5.56 Å². The molecule has 0 saturated carbocycles. The molecule has 0 amide bonds. The average Bonchev–Trinajstić information content (AvgIpc) is 2.00. The topological polar surface area (TPSA) is 0 Å². The first kappa shape index (κ1) is 10.3. The van der Waals surface area contributed by atoms with Crippen molar-refractivity contribution in [1.29, 1.82) is 0 Å². The molecule has 0 unspecified atom stereocenters. The second-order valence-corrected chi connectivity index (χ2v) is 1.68. The Hall–Kier alpha value is 0.253. The van der Waals surface area contributed by atoms with E-state index >= 15 is 0 Å². The molecule has 0 radical (unpaired) electrons. The summed E-state index contributed by atoms with van der Waals surface area (Å²) in [6, 6.07) is 7.34. The maximum atomic E-state index is 12.3. The van der Waals surface area contributed by atoms with Gasteiger partial charge in [0.15, 0.2) is 0 Å². The van der Waals surface area contributed by atoms with Crippen molar-refractivity contribution in [2.24, 2.45) is 0 Å². The molecular formula is C7H6BrFZn. The minimum atomic E-state index is -0.187. The van der Waals surface area contributed by atoms with Crippen LogP contribution < -0.4 is 0 Å². The summed E-state index contributed by atoms with van der Waals surface area (Å²) in [5.74, 6) is -0.187. The molecule has 0 nitrogen and oxygen atoms in total. The summed E-state index contributed by atoms with van der Waals surface area (Å²) in [7, 11) is 0. The van der Waals surface area contributed by atoms with Gasteiger partial charge in [0.2, 0.25) is 0 Å². The summed E-state index contributed by atoms with van der Waals surface area (Å²) in [6.07, 6.45) is 0. The summed E-state index contributed by atoms with van der Waals surface area (Å²) in [6.45, 7) is 1.73. The predicted molar refractivity (Wildman–Crippen MR) is 38.9 cm³/mol. The molecule has 0 spiro atoms. The van der Waals surface area contributed by atoms with Crippen LogP contribution in [0.15, 0.2) is 18.2 Å². The standard InChI is InChI=1S/C7H6F.BrH.Zn/c1-6-4-2-3-5-7(6)8;;/h2,4-5H,1H3;1H;/q-1;;+2/p-1.